The van der Waals surface area contributed by atoms with E-state index in [0.717, 1.165) is 27.9 Å². The van der Waals surface area contributed by atoms with E-state index in [0.29, 0.717) is 0 Å². The number of rotatable bonds is 4. The van der Waals surface area contributed by atoms with Gasteiger partial charge in [-0.15, -0.1) is 11.3 Å². The molecule has 17 heavy (non-hydrogen) atoms. The molecule has 90 valence electrons. The van der Waals surface area contributed by atoms with E-state index in [2.05, 4.69) is 27.4 Å². The van der Waals surface area contributed by atoms with Crippen molar-refractivity contribution >= 4 is 38.9 Å². The number of benzene rings is 1. The van der Waals surface area contributed by atoms with Crippen LogP contribution in [-0.4, -0.2) is 6.04 Å². The van der Waals surface area contributed by atoms with Crippen LogP contribution >= 0.6 is 38.9 Å². The fourth-order valence-corrected chi connectivity index (χ4v) is 3.55. The summed E-state index contributed by atoms with van der Waals surface area (Å²) in [7, 11) is 0. The van der Waals surface area contributed by atoms with Crippen LogP contribution in [0.25, 0.3) is 0 Å². The fraction of sp³-hybridized carbons (Fsp3) is 0.231. The molecular formula is C13H13BrClNS. The number of hydrogen-bond acceptors (Lipinski definition) is 2. The molecule has 0 radical (unpaired) electrons. The van der Waals surface area contributed by atoms with Crippen LogP contribution in [-0.2, 0) is 12.8 Å². The van der Waals surface area contributed by atoms with Crippen LogP contribution in [0, 0.1) is 0 Å². The van der Waals surface area contributed by atoms with Crippen molar-refractivity contribution in [1.82, 2.24) is 0 Å². The minimum atomic E-state index is 0.102. The largest absolute Gasteiger partial charge is 0.327 e. The van der Waals surface area contributed by atoms with Gasteiger partial charge in [-0.05, 0) is 51.8 Å². The van der Waals surface area contributed by atoms with Crippen molar-refractivity contribution < 1.29 is 0 Å². The van der Waals surface area contributed by atoms with Crippen molar-refractivity contribution in [3.8, 4) is 0 Å². The van der Waals surface area contributed by atoms with Gasteiger partial charge in [-0.25, -0.2) is 0 Å². The second-order valence-corrected chi connectivity index (χ2v) is 6.21. The summed E-state index contributed by atoms with van der Waals surface area (Å²) < 4.78 is 1.15. The van der Waals surface area contributed by atoms with E-state index in [1.165, 1.54) is 4.88 Å². The summed E-state index contributed by atoms with van der Waals surface area (Å²) in [5.74, 6) is 0. The highest BCUT2D eigenvalue weighted by molar-refractivity contribution is 9.10. The number of nitrogens with two attached hydrogens (primary N) is 1. The van der Waals surface area contributed by atoms with Crippen LogP contribution in [0.4, 0.5) is 0 Å². The van der Waals surface area contributed by atoms with Gasteiger partial charge in [0.15, 0.2) is 0 Å². The molecule has 0 saturated carbocycles. The smallest absolute Gasteiger partial charge is 0.0438 e. The minimum absolute atomic E-state index is 0.102. The quantitative estimate of drug-likeness (QED) is 0.890. The summed E-state index contributed by atoms with van der Waals surface area (Å²) in [4.78, 5) is 1.30. The van der Waals surface area contributed by atoms with Crippen molar-refractivity contribution in [3.05, 3.63) is 55.6 Å². The zero-order chi connectivity index (χ0) is 12.3. The number of thiophene rings is 1. The Morgan fingerprint density at radius 2 is 2.00 bits per heavy atom. The van der Waals surface area contributed by atoms with Gasteiger partial charge < -0.3 is 5.73 Å². The third-order valence-electron chi connectivity index (χ3n) is 2.58. The van der Waals surface area contributed by atoms with Crippen molar-refractivity contribution in [1.29, 1.82) is 0 Å². The Bertz CT molecular complexity index is 498. The molecule has 0 fully saturated rings. The van der Waals surface area contributed by atoms with E-state index >= 15 is 0 Å². The van der Waals surface area contributed by atoms with E-state index in [9.17, 15) is 0 Å². The second kappa shape index (κ2) is 6.01. The molecule has 0 bridgehead atoms. The Morgan fingerprint density at radius 3 is 2.65 bits per heavy atom. The predicted molar refractivity (Wildman–Crippen MR) is 78.9 cm³/mol. The molecule has 0 saturated heterocycles. The lowest BCUT2D eigenvalue weighted by Gasteiger charge is -2.12. The van der Waals surface area contributed by atoms with Gasteiger partial charge in [0, 0.05) is 20.4 Å². The molecule has 1 unspecified atom stereocenters. The van der Waals surface area contributed by atoms with E-state index in [-0.39, 0.29) is 6.04 Å². The summed E-state index contributed by atoms with van der Waals surface area (Å²) in [6.45, 7) is 0. The Kier molecular flexibility index (Phi) is 4.62. The molecule has 2 aromatic rings. The van der Waals surface area contributed by atoms with Gasteiger partial charge in [0.2, 0.25) is 0 Å². The standard InChI is InChI=1S/C13H13BrClNS/c14-11-5-6-17-13(11)8-10(16)7-9-3-1-2-4-12(9)15/h1-6,10H,7-8,16H2. The zero-order valence-electron chi connectivity index (χ0n) is 9.20. The third-order valence-corrected chi connectivity index (χ3v) is 4.90. The molecule has 2 rings (SSSR count). The average Bonchev–Trinajstić information content (AvgIpc) is 2.68. The molecule has 0 aliphatic rings. The highest BCUT2D eigenvalue weighted by atomic mass is 79.9. The monoisotopic (exact) mass is 329 g/mol. The molecule has 4 heteroatoms. The van der Waals surface area contributed by atoms with Crippen LogP contribution in [0.15, 0.2) is 40.2 Å². The zero-order valence-corrected chi connectivity index (χ0v) is 12.4. The van der Waals surface area contributed by atoms with Crippen LogP contribution in [0.3, 0.4) is 0 Å². The molecular weight excluding hydrogens is 318 g/mol. The van der Waals surface area contributed by atoms with Crippen molar-refractivity contribution in [2.75, 3.05) is 0 Å². The highest BCUT2D eigenvalue weighted by Gasteiger charge is 2.10. The molecule has 1 nitrogen and oxygen atoms in total. The van der Waals surface area contributed by atoms with Crippen molar-refractivity contribution in [2.24, 2.45) is 5.73 Å². The predicted octanol–water partition coefficient (Wildman–Crippen LogP) is 4.28. The number of hydrogen-bond donors (Lipinski definition) is 1. The molecule has 1 aromatic heterocycles. The van der Waals surface area contributed by atoms with Crippen LogP contribution < -0.4 is 5.73 Å². The van der Waals surface area contributed by atoms with E-state index in [1.54, 1.807) is 11.3 Å². The first-order valence-corrected chi connectivity index (χ1v) is 7.42. The Balaban J connectivity index is 2.01. The summed E-state index contributed by atoms with van der Waals surface area (Å²) >= 11 is 11.4. The summed E-state index contributed by atoms with van der Waals surface area (Å²) in [6, 6.07) is 10.0. The van der Waals surface area contributed by atoms with Crippen LogP contribution in [0.1, 0.15) is 10.4 Å². The first-order valence-electron chi connectivity index (χ1n) is 5.37. The molecule has 0 amide bonds. The summed E-state index contributed by atoms with van der Waals surface area (Å²) in [5.41, 5.74) is 7.28. The van der Waals surface area contributed by atoms with Crippen LogP contribution in [0.2, 0.25) is 5.02 Å². The van der Waals surface area contributed by atoms with Gasteiger partial charge >= 0.3 is 0 Å². The normalized spacial score (nSPS) is 12.6. The van der Waals surface area contributed by atoms with Gasteiger partial charge in [0.25, 0.3) is 0 Å². The number of halogens is 2. The van der Waals surface area contributed by atoms with Crippen molar-refractivity contribution in [3.63, 3.8) is 0 Å². The first kappa shape index (κ1) is 13.1. The molecule has 1 aromatic carbocycles. The van der Waals surface area contributed by atoms with Gasteiger partial charge in [0.05, 0.1) is 0 Å². The van der Waals surface area contributed by atoms with E-state index in [1.807, 2.05) is 24.3 Å². The maximum Gasteiger partial charge on any atom is 0.0438 e. The minimum Gasteiger partial charge on any atom is -0.327 e. The Labute approximate surface area is 119 Å². The SMILES string of the molecule is NC(Cc1ccccc1Cl)Cc1sccc1Br. The topological polar surface area (TPSA) is 26.0 Å². The lowest BCUT2D eigenvalue weighted by Crippen LogP contribution is -2.25. The molecule has 1 atom stereocenters. The lowest BCUT2D eigenvalue weighted by molar-refractivity contribution is 0.670. The lowest BCUT2D eigenvalue weighted by atomic mass is 10.0. The second-order valence-electron chi connectivity index (χ2n) is 3.95. The molecule has 2 N–H and O–H groups in total. The fourth-order valence-electron chi connectivity index (χ4n) is 1.73. The maximum atomic E-state index is 6.16. The highest BCUT2D eigenvalue weighted by Crippen LogP contribution is 2.25. The average molecular weight is 331 g/mol. The summed E-state index contributed by atoms with van der Waals surface area (Å²) in [5, 5.41) is 2.87. The van der Waals surface area contributed by atoms with Gasteiger partial charge in [-0.3, -0.25) is 0 Å². The molecule has 0 spiro atoms. The molecule has 0 aliphatic heterocycles. The maximum absolute atomic E-state index is 6.16. The van der Waals surface area contributed by atoms with E-state index in [4.69, 9.17) is 17.3 Å². The molecule has 0 aliphatic carbocycles. The van der Waals surface area contributed by atoms with Gasteiger partial charge in [-0.1, -0.05) is 29.8 Å². The van der Waals surface area contributed by atoms with Gasteiger partial charge in [-0.2, -0.15) is 0 Å². The van der Waals surface area contributed by atoms with Crippen molar-refractivity contribution in [2.45, 2.75) is 18.9 Å². The molecule has 1 heterocycles. The Morgan fingerprint density at radius 1 is 1.24 bits per heavy atom. The van der Waals surface area contributed by atoms with E-state index < -0.39 is 0 Å². The summed E-state index contributed by atoms with van der Waals surface area (Å²) in [6.07, 6.45) is 1.69. The first-order chi connectivity index (χ1) is 8.16. The van der Waals surface area contributed by atoms with Crippen LogP contribution in [0.5, 0.6) is 0 Å². The Hall–Kier alpha value is -0.350. The van der Waals surface area contributed by atoms with Gasteiger partial charge in [0.1, 0.15) is 0 Å². The third kappa shape index (κ3) is 3.55.